The Morgan fingerprint density at radius 3 is 2.27 bits per heavy atom. The predicted molar refractivity (Wildman–Crippen MR) is 39.3 cm³/mol. The largest absolute Gasteiger partial charge is 0.302 e. The van der Waals surface area contributed by atoms with Crippen LogP contribution in [-0.2, 0) is 10.2 Å². The molecule has 2 rings (SSSR count). The van der Waals surface area contributed by atoms with Crippen LogP contribution < -0.4 is 0 Å². The smallest absolute Gasteiger partial charge is 0.195 e. The van der Waals surface area contributed by atoms with Crippen molar-refractivity contribution in [2.45, 2.75) is 25.7 Å². The Morgan fingerprint density at radius 2 is 1.91 bits per heavy atom. The number of hydrogen-bond donors (Lipinski definition) is 0. The second-order valence-corrected chi connectivity index (χ2v) is 5.39. The Labute approximate surface area is 66.0 Å². The molecule has 2 saturated carbocycles. The quantitative estimate of drug-likeness (QED) is 0.600. The van der Waals surface area contributed by atoms with Gasteiger partial charge >= 0.3 is 10.2 Å². The van der Waals surface area contributed by atoms with Gasteiger partial charge in [0.15, 0.2) is 0 Å². The van der Waals surface area contributed by atoms with Crippen LogP contribution in [0.25, 0.3) is 0 Å². The van der Waals surface area contributed by atoms with Crippen molar-refractivity contribution < 1.29 is 12.3 Å². The van der Waals surface area contributed by atoms with Crippen LogP contribution in [0.15, 0.2) is 0 Å². The summed E-state index contributed by atoms with van der Waals surface area (Å²) in [5.74, 6) is -0.123. The van der Waals surface area contributed by atoms with E-state index >= 15 is 0 Å². The van der Waals surface area contributed by atoms with E-state index in [1.807, 2.05) is 0 Å². The van der Waals surface area contributed by atoms with Crippen molar-refractivity contribution in [2.24, 2.45) is 11.3 Å². The molecule has 2 aliphatic carbocycles. The van der Waals surface area contributed by atoms with Gasteiger partial charge in [0, 0.05) is 0 Å². The highest BCUT2D eigenvalue weighted by Crippen LogP contribution is 2.63. The summed E-state index contributed by atoms with van der Waals surface area (Å²) >= 11 is 0. The van der Waals surface area contributed by atoms with E-state index in [0.29, 0.717) is 5.41 Å². The maximum atomic E-state index is 12.1. The lowest BCUT2D eigenvalue weighted by molar-refractivity contribution is 0.188. The van der Waals surface area contributed by atoms with Gasteiger partial charge < -0.3 is 0 Å². The zero-order valence-electron chi connectivity index (χ0n) is 6.22. The van der Waals surface area contributed by atoms with E-state index in [-0.39, 0.29) is 11.7 Å². The van der Waals surface area contributed by atoms with Crippen molar-refractivity contribution in [3.63, 3.8) is 0 Å². The van der Waals surface area contributed by atoms with Gasteiger partial charge in [0.25, 0.3) is 0 Å². The van der Waals surface area contributed by atoms with Crippen LogP contribution in [0.4, 0.5) is 3.89 Å². The molecule has 11 heavy (non-hydrogen) atoms. The molecule has 0 saturated heterocycles. The highest BCUT2D eigenvalue weighted by atomic mass is 32.3. The monoisotopic (exact) mass is 178 g/mol. The minimum atomic E-state index is -4.21. The molecule has 0 aromatic carbocycles. The topological polar surface area (TPSA) is 34.1 Å². The van der Waals surface area contributed by atoms with Crippen LogP contribution in [0.1, 0.15) is 25.7 Å². The van der Waals surface area contributed by atoms with Crippen LogP contribution in [0.2, 0.25) is 0 Å². The van der Waals surface area contributed by atoms with Crippen LogP contribution in [0.3, 0.4) is 0 Å². The molecule has 0 aromatic heterocycles. The van der Waals surface area contributed by atoms with E-state index in [4.69, 9.17) is 0 Å². The molecule has 4 heteroatoms. The second-order valence-electron chi connectivity index (χ2n) is 3.98. The first kappa shape index (κ1) is 7.53. The van der Waals surface area contributed by atoms with Gasteiger partial charge in [0.2, 0.25) is 0 Å². The van der Waals surface area contributed by atoms with Crippen molar-refractivity contribution in [3.8, 4) is 0 Å². The van der Waals surface area contributed by atoms with Gasteiger partial charge in [-0.25, -0.2) is 0 Å². The van der Waals surface area contributed by atoms with Crippen LogP contribution >= 0.6 is 0 Å². The number of hydrogen-bond acceptors (Lipinski definition) is 2. The Morgan fingerprint density at radius 1 is 1.36 bits per heavy atom. The van der Waals surface area contributed by atoms with Gasteiger partial charge in [0.05, 0.1) is 5.75 Å². The van der Waals surface area contributed by atoms with Gasteiger partial charge in [0.1, 0.15) is 0 Å². The summed E-state index contributed by atoms with van der Waals surface area (Å²) < 4.78 is 32.5. The summed E-state index contributed by atoms with van der Waals surface area (Å²) in [4.78, 5) is 0. The second kappa shape index (κ2) is 1.97. The lowest BCUT2D eigenvalue weighted by Crippen LogP contribution is -2.29. The highest BCUT2D eigenvalue weighted by Gasteiger charge is 2.53. The third-order valence-electron chi connectivity index (χ3n) is 2.84. The van der Waals surface area contributed by atoms with E-state index in [1.165, 1.54) is 12.8 Å². The number of rotatable bonds is 2. The summed E-state index contributed by atoms with van der Waals surface area (Å²) in [6.45, 7) is 0. The summed E-state index contributed by atoms with van der Waals surface area (Å²) in [5, 5.41) is 0. The summed E-state index contributed by atoms with van der Waals surface area (Å²) in [7, 11) is -4.21. The Kier molecular flexibility index (Phi) is 1.35. The Hall–Kier alpha value is -0.120. The molecule has 0 aliphatic heterocycles. The third kappa shape index (κ3) is 1.55. The Bertz CT molecular complexity index is 258. The van der Waals surface area contributed by atoms with Crippen molar-refractivity contribution in [3.05, 3.63) is 0 Å². The fourth-order valence-corrected chi connectivity index (χ4v) is 2.95. The molecule has 0 heterocycles. The van der Waals surface area contributed by atoms with Gasteiger partial charge in [-0.15, -0.1) is 3.89 Å². The first-order valence-corrected chi connectivity index (χ1v) is 5.47. The Balaban J connectivity index is 1.83. The van der Waals surface area contributed by atoms with Crippen LogP contribution in [0.5, 0.6) is 0 Å². The summed E-state index contributed by atoms with van der Waals surface area (Å²) in [5.41, 5.74) is 0.482. The van der Waals surface area contributed by atoms with Crippen molar-refractivity contribution in [1.29, 1.82) is 0 Å². The van der Waals surface area contributed by atoms with Crippen molar-refractivity contribution in [2.75, 3.05) is 5.75 Å². The van der Waals surface area contributed by atoms with Gasteiger partial charge in [-0.05, 0) is 37.0 Å². The van der Waals surface area contributed by atoms with Gasteiger partial charge in [-0.3, -0.25) is 0 Å². The third-order valence-corrected chi connectivity index (χ3v) is 3.70. The van der Waals surface area contributed by atoms with E-state index in [2.05, 4.69) is 0 Å². The molecule has 0 atom stereocenters. The lowest BCUT2D eigenvalue weighted by Gasteiger charge is -2.34. The van der Waals surface area contributed by atoms with Crippen LogP contribution in [0, 0.1) is 11.3 Å². The highest BCUT2D eigenvalue weighted by molar-refractivity contribution is 7.86. The molecule has 0 bridgehead atoms. The zero-order chi connectivity index (χ0) is 8.11. The average molecular weight is 178 g/mol. The molecular weight excluding hydrogens is 167 g/mol. The maximum absolute atomic E-state index is 12.1. The predicted octanol–water partition coefficient (Wildman–Crippen LogP) is 1.48. The fourth-order valence-electron chi connectivity index (χ4n) is 2.15. The first-order chi connectivity index (χ1) is 4.99. The van der Waals surface area contributed by atoms with E-state index in [9.17, 15) is 12.3 Å². The van der Waals surface area contributed by atoms with Gasteiger partial charge in [-0.2, -0.15) is 8.42 Å². The van der Waals surface area contributed by atoms with E-state index < -0.39 is 10.2 Å². The lowest BCUT2D eigenvalue weighted by atomic mass is 9.73. The average Bonchev–Trinajstić information content (AvgIpc) is 2.38. The molecule has 1 spiro atoms. The van der Waals surface area contributed by atoms with Crippen molar-refractivity contribution >= 4 is 10.2 Å². The minimum absolute atomic E-state index is 0.118. The standard InChI is InChI=1S/C7H11FO2S/c8-11(9,10)5-6-3-7(4-6)1-2-7/h6H,1-5H2. The molecule has 0 aromatic rings. The molecule has 0 N–H and O–H groups in total. The molecule has 2 nitrogen and oxygen atoms in total. The zero-order valence-corrected chi connectivity index (χ0v) is 7.03. The molecular formula is C7H11FO2S. The first-order valence-electron chi connectivity index (χ1n) is 3.92. The normalized spacial score (nSPS) is 28.5. The number of halogens is 1. The molecule has 64 valence electrons. The van der Waals surface area contributed by atoms with E-state index in [1.54, 1.807) is 0 Å². The molecule has 0 amide bonds. The molecule has 0 radical (unpaired) electrons. The summed E-state index contributed by atoms with van der Waals surface area (Å²) in [6, 6.07) is 0. The molecule has 0 unspecified atom stereocenters. The summed E-state index contributed by atoms with van der Waals surface area (Å²) in [6.07, 6.45) is 4.35. The van der Waals surface area contributed by atoms with Crippen molar-refractivity contribution in [1.82, 2.24) is 0 Å². The minimum Gasteiger partial charge on any atom is -0.195 e. The maximum Gasteiger partial charge on any atom is 0.302 e. The van der Waals surface area contributed by atoms with Gasteiger partial charge in [-0.1, -0.05) is 0 Å². The van der Waals surface area contributed by atoms with E-state index in [0.717, 1.165) is 12.8 Å². The fraction of sp³-hybridized carbons (Fsp3) is 1.00. The van der Waals surface area contributed by atoms with Crippen LogP contribution in [-0.4, -0.2) is 14.2 Å². The molecule has 2 aliphatic rings. The SMILES string of the molecule is O=S(=O)(F)CC1CC2(CC2)C1. The molecule has 2 fully saturated rings.